The number of rotatable bonds is 8. The number of likely N-dealkylation sites (tertiary alicyclic amines) is 1. The maximum atomic E-state index is 13.8. The largest absolute Gasteiger partial charge is 0.493 e. The molecule has 2 aromatic rings. The Hall–Kier alpha value is -2.84. The minimum Gasteiger partial charge on any atom is -0.493 e. The first-order valence-corrected chi connectivity index (χ1v) is 12.2. The molecule has 2 fully saturated rings. The fourth-order valence-electron chi connectivity index (χ4n) is 4.41. The molecule has 2 aromatic carbocycles. The van der Waals surface area contributed by atoms with Crippen molar-refractivity contribution >= 4 is 23.4 Å². The lowest BCUT2D eigenvalue weighted by molar-refractivity contribution is -0.141. The van der Waals surface area contributed by atoms with Crippen LogP contribution in [0.15, 0.2) is 48.5 Å². The summed E-state index contributed by atoms with van der Waals surface area (Å²) in [6.07, 6.45) is 1.57. The SMILES string of the molecule is O=C(COc1ccccc1F)N1CCC(COc2ccc(Cl)cc2)(CC(=O)N2CCOCC2)CC1. The third kappa shape index (κ3) is 6.86. The zero-order chi connectivity index (χ0) is 24.7. The molecule has 0 radical (unpaired) electrons. The summed E-state index contributed by atoms with van der Waals surface area (Å²) in [5.74, 6) is 0.110. The summed E-state index contributed by atoms with van der Waals surface area (Å²) in [6.45, 7) is 3.34. The third-order valence-electron chi connectivity index (χ3n) is 6.61. The molecule has 0 aliphatic carbocycles. The topological polar surface area (TPSA) is 68.3 Å². The molecule has 35 heavy (non-hydrogen) atoms. The van der Waals surface area contributed by atoms with Crippen molar-refractivity contribution in [3.8, 4) is 11.5 Å². The number of piperidine rings is 1. The molecule has 0 spiro atoms. The third-order valence-corrected chi connectivity index (χ3v) is 6.87. The smallest absolute Gasteiger partial charge is 0.260 e. The molecule has 0 atom stereocenters. The number of hydrogen-bond acceptors (Lipinski definition) is 5. The van der Waals surface area contributed by atoms with Crippen LogP contribution in [0.4, 0.5) is 4.39 Å². The van der Waals surface area contributed by atoms with Crippen LogP contribution in [-0.2, 0) is 14.3 Å². The molecule has 2 heterocycles. The summed E-state index contributed by atoms with van der Waals surface area (Å²) in [7, 11) is 0. The van der Waals surface area contributed by atoms with Gasteiger partial charge in [0.25, 0.3) is 5.91 Å². The van der Waals surface area contributed by atoms with E-state index in [2.05, 4.69) is 0 Å². The van der Waals surface area contributed by atoms with E-state index in [4.69, 9.17) is 25.8 Å². The van der Waals surface area contributed by atoms with E-state index in [0.717, 1.165) is 0 Å². The van der Waals surface area contributed by atoms with Gasteiger partial charge in [-0.3, -0.25) is 9.59 Å². The molecular weight excluding hydrogens is 475 g/mol. The van der Waals surface area contributed by atoms with Crippen LogP contribution in [0.2, 0.25) is 5.02 Å². The van der Waals surface area contributed by atoms with E-state index < -0.39 is 11.2 Å². The van der Waals surface area contributed by atoms with Crippen LogP contribution in [0.3, 0.4) is 0 Å². The van der Waals surface area contributed by atoms with E-state index in [1.54, 1.807) is 41.3 Å². The van der Waals surface area contributed by atoms with Gasteiger partial charge in [0.15, 0.2) is 18.2 Å². The highest BCUT2D eigenvalue weighted by atomic mass is 35.5. The van der Waals surface area contributed by atoms with Crippen molar-refractivity contribution in [2.45, 2.75) is 19.3 Å². The Kier molecular flexibility index (Phi) is 8.46. The minimum atomic E-state index is -0.501. The number of carbonyl (C=O) groups is 2. The molecule has 0 bridgehead atoms. The van der Waals surface area contributed by atoms with Gasteiger partial charge in [0, 0.05) is 43.0 Å². The average molecular weight is 505 g/mol. The zero-order valence-electron chi connectivity index (χ0n) is 19.6. The van der Waals surface area contributed by atoms with Crippen LogP contribution in [0.5, 0.6) is 11.5 Å². The summed E-state index contributed by atoms with van der Waals surface area (Å²) in [5.41, 5.74) is -0.405. The molecule has 2 saturated heterocycles. The maximum absolute atomic E-state index is 13.8. The number of carbonyl (C=O) groups excluding carboxylic acids is 2. The number of benzene rings is 2. The van der Waals surface area contributed by atoms with Crippen LogP contribution in [-0.4, -0.2) is 74.2 Å². The van der Waals surface area contributed by atoms with Gasteiger partial charge in [0.2, 0.25) is 5.91 Å². The minimum absolute atomic E-state index is 0.0553. The van der Waals surface area contributed by atoms with Crippen molar-refractivity contribution in [2.24, 2.45) is 5.41 Å². The molecule has 4 rings (SSSR count). The Morgan fingerprint density at radius 2 is 1.57 bits per heavy atom. The highest BCUT2D eigenvalue weighted by molar-refractivity contribution is 6.30. The normalized spacial score (nSPS) is 17.7. The Morgan fingerprint density at radius 1 is 0.914 bits per heavy atom. The summed E-state index contributed by atoms with van der Waals surface area (Å²) >= 11 is 5.98. The number of halogens is 2. The first-order valence-electron chi connectivity index (χ1n) is 11.8. The summed E-state index contributed by atoms with van der Waals surface area (Å²) in [4.78, 5) is 29.4. The number of ether oxygens (including phenoxy) is 3. The fraction of sp³-hybridized carbons (Fsp3) is 0.462. The standard InChI is InChI=1S/C26H30ClFN2O5/c27-20-5-7-21(8-6-20)35-19-26(17-24(31)30-13-15-33-16-14-30)9-11-29(12-10-26)25(32)18-34-23-4-2-1-3-22(23)28/h1-8H,9-19H2. The van der Waals surface area contributed by atoms with Gasteiger partial charge >= 0.3 is 0 Å². The maximum Gasteiger partial charge on any atom is 0.260 e. The number of nitrogens with zero attached hydrogens (tertiary/aromatic N) is 2. The Bertz CT molecular complexity index is 1010. The van der Waals surface area contributed by atoms with Crippen molar-refractivity contribution in [3.63, 3.8) is 0 Å². The molecule has 0 saturated carbocycles. The lowest BCUT2D eigenvalue weighted by atomic mass is 9.75. The van der Waals surface area contributed by atoms with Gasteiger partial charge in [-0.25, -0.2) is 4.39 Å². The number of hydrogen-bond donors (Lipinski definition) is 0. The fourth-order valence-corrected chi connectivity index (χ4v) is 4.53. The van der Waals surface area contributed by atoms with Crippen molar-refractivity contribution in [1.82, 2.24) is 9.80 Å². The second-order valence-electron chi connectivity index (χ2n) is 9.01. The summed E-state index contributed by atoms with van der Waals surface area (Å²) in [5, 5.41) is 0.624. The van der Waals surface area contributed by atoms with Gasteiger partial charge in [-0.05, 0) is 49.2 Å². The first-order chi connectivity index (χ1) is 16.9. The lowest BCUT2D eigenvalue weighted by Crippen LogP contribution is -2.50. The van der Waals surface area contributed by atoms with Crippen LogP contribution in [0, 0.1) is 11.2 Å². The highest BCUT2D eigenvalue weighted by Gasteiger charge is 2.40. The molecule has 2 amide bonds. The lowest BCUT2D eigenvalue weighted by Gasteiger charge is -2.42. The number of morpholine rings is 1. The van der Waals surface area contributed by atoms with Crippen LogP contribution < -0.4 is 9.47 Å². The predicted octanol–water partition coefficient (Wildman–Crippen LogP) is 3.79. The van der Waals surface area contributed by atoms with E-state index in [1.807, 2.05) is 4.90 Å². The molecule has 9 heteroatoms. The molecule has 188 valence electrons. The number of amides is 2. The van der Waals surface area contributed by atoms with Gasteiger partial charge in [0.1, 0.15) is 5.75 Å². The second kappa shape index (κ2) is 11.7. The predicted molar refractivity (Wildman–Crippen MR) is 129 cm³/mol. The van der Waals surface area contributed by atoms with E-state index in [9.17, 15) is 14.0 Å². The van der Waals surface area contributed by atoms with Crippen LogP contribution >= 0.6 is 11.6 Å². The molecule has 0 aromatic heterocycles. The van der Waals surface area contributed by atoms with Crippen molar-refractivity contribution in [2.75, 3.05) is 52.6 Å². The van der Waals surface area contributed by atoms with Crippen molar-refractivity contribution < 1.29 is 28.2 Å². The van der Waals surface area contributed by atoms with Gasteiger partial charge in [-0.2, -0.15) is 0 Å². The molecule has 7 nitrogen and oxygen atoms in total. The first kappa shape index (κ1) is 25.3. The molecule has 0 unspecified atom stereocenters. The molecular formula is C26H30ClFN2O5. The van der Waals surface area contributed by atoms with Gasteiger partial charge in [-0.15, -0.1) is 0 Å². The van der Waals surface area contributed by atoms with Crippen molar-refractivity contribution in [1.29, 1.82) is 0 Å². The second-order valence-corrected chi connectivity index (χ2v) is 9.45. The zero-order valence-corrected chi connectivity index (χ0v) is 20.3. The average Bonchev–Trinajstić information content (AvgIpc) is 2.89. The molecule has 2 aliphatic rings. The highest BCUT2D eigenvalue weighted by Crippen LogP contribution is 2.37. The number of para-hydroxylation sites is 1. The quantitative estimate of drug-likeness (QED) is 0.547. The van der Waals surface area contributed by atoms with Crippen LogP contribution in [0.25, 0.3) is 0 Å². The monoisotopic (exact) mass is 504 g/mol. The summed E-state index contributed by atoms with van der Waals surface area (Å²) in [6, 6.07) is 13.1. The van der Waals surface area contributed by atoms with E-state index in [1.165, 1.54) is 12.1 Å². The van der Waals surface area contributed by atoms with E-state index in [-0.39, 0.29) is 24.2 Å². The van der Waals surface area contributed by atoms with Crippen LogP contribution in [0.1, 0.15) is 19.3 Å². The molecule has 2 aliphatic heterocycles. The molecule has 0 N–H and O–H groups in total. The van der Waals surface area contributed by atoms with E-state index in [0.29, 0.717) is 76.0 Å². The van der Waals surface area contributed by atoms with Gasteiger partial charge in [0.05, 0.1) is 19.8 Å². The van der Waals surface area contributed by atoms with Gasteiger partial charge in [-0.1, -0.05) is 23.7 Å². The van der Waals surface area contributed by atoms with Gasteiger partial charge < -0.3 is 24.0 Å². The Morgan fingerprint density at radius 3 is 2.26 bits per heavy atom. The van der Waals surface area contributed by atoms with Crippen molar-refractivity contribution in [3.05, 3.63) is 59.4 Å². The Balaban J connectivity index is 1.37. The van der Waals surface area contributed by atoms with E-state index >= 15 is 0 Å². The summed E-state index contributed by atoms with van der Waals surface area (Å²) < 4.78 is 30.6. The Labute approximate surface area is 209 Å².